The smallest absolute Gasteiger partial charge is 0.279 e. The van der Waals surface area contributed by atoms with E-state index in [4.69, 9.17) is 11.6 Å². The van der Waals surface area contributed by atoms with Crippen LogP contribution in [-0.4, -0.2) is 12.5 Å². The van der Waals surface area contributed by atoms with Gasteiger partial charge in [0.25, 0.3) is 5.91 Å². The lowest BCUT2D eigenvalue weighted by Crippen LogP contribution is -2.86. The normalized spacial score (nSPS) is 12.0. The third-order valence-electron chi connectivity index (χ3n) is 3.14. The number of quaternary nitrogens is 1. The van der Waals surface area contributed by atoms with Crippen molar-refractivity contribution in [3.05, 3.63) is 63.6 Å². The molecule has 0 spiro atoms. The Morgan fingerprint density at radius 1 is 1.29 bits per heavy atom. The molecule has 2 aromatic carbocycles. The summed E-state index contributed by atoms with van der Waals surface area (Å²) in [5, 5.41) is 5.57. The van der Waals surface area contributed by atoms with Crippen LogP contribution < -0.4 is 10.6 Å². The van der Waals surface area contributed by atoms with Crippen molar-refractivity contribution >= 4 is 39.1 Å². The highest BCUT2D eigenvalue weighted by molar-refractivity contribution is 9.10. The first-order valence-electron chi connectivity index (χ1n) is 6.69. The van der Waals surface area contributed by atoms with Crippen LogP contribution in [0.4, 0.5) is 5.69 Å². The number of carbonyl (C=O) groups excluding carboxylic acids is 1. The van der Waals surface area contributed by atoms with Crippen LogP contribution in [0.1, 0.15) is 18.5 Å². The van der Waals surface area contributed by atoms with Crippen LogP contribution in [0.25, 0.3) is 0 Å². The van der Waals surface area contributed by atoms with Crippen molar-refractivity contribution in [3.8, 4) is 0 Å². The molecule has 3 N–H and O–H groups in total. The maximum atomic E-state index is 11.9. The fourth-order valence-corrected chi connectivity index (χ4v) is 2.59. The monoisotopic (exact) mass is 367 g/mol. The van der Waals surface area contributed by atoms with E-state index < -0.39 is 0 Å². The van der Waals surface area contributed by atoms with Crippen LogP contribution in [0, 0.1) is 0 Å². The summed E-state index contributed by atoms with van der Waals surface area (Å²) in [5.74, 6) is -0.0259. The molecular formula is C16H17BrClN2O+. The lowest BCUT2D eigenvalue weighted by Gasteiger charge is -2.11. The molecule has 1 amide bonds. The molecule has 110 valence electrons. The molecule has 21 heavy (non-hydrogen) atoms. The van der Waals surface area contributed by atoms with Crippen molar-refractivity contribution < 1.29 is 10.1 Å². The summed E-state index contributed by atoms with van der Waals surface area (Å²) in [6.45, 7) is 2.41. The van der Waals surface area contributed by atoms with Gasteiger partial charge < -0.3 is 10.6 Å². The van der Waals surface area contributed by atoms with Crippen LogP contribution in [-0.2, 0) is 4.79 Å². The molecule has 0 aliphatic heterocycles. The van der Waals surface area contributed by atoms with E-state index in [1.807, 2.05) is 53.8 Å². The summed E-state index contributed by atoms with van der Waals surface area (Å²) in [4.78, 5) is 11.9. The molecule has 2 aromatic rings. The molecule has 0 aliphatic carbocycles. The SMILES string of the molecule is C[C@@H]([NH2+]CC(=O)Nc1cccc(Br)c1)c1cccc(Cl)c1. The molecule has 0 radical (unpaired) electrons. The van der Waals surface area contributed by atoms with Gasteiger partial charge in [0.2, 0.25) is 0 Å². The van der Waals surface area contributed by atoms with Crippen molar-refractivity contribution in [2.75, 3.05) is 11.9 Å². The molecule has 0 aliphatic rings. The number of nitrogens with one attached hydrogen (secondary N) is 1. The highest BCUT2D eigenvalue weighted by atomic mass is 79.9. The summed E-state index contributed by atoms with van der Waals surface area (Å²) >= 11 is 9.36. The second-order valence-electron chi connectivity index (χ2n) is 4.84. The third-order valence-corrected chi connectivity index (χ3v) is 3.87. The molecule has 0 saturated carbocycles. The van der Waals surface area contributed by atoms with Crippen molar-refractivity contribution in [1.29, 1.82) is 0 Å². The number of benzene rings is 2. The second-order valence-corrected chi connectivity index (χ2v) is 6.19. The van der Waals surface area contributed by atoms with E-state index in [1.54, 1.807) is 0 Å². The number of rotatable bonds is 5. The quantitative estimate of drug-likeness (QED) is 0.835. The van der Waals surface area contributed by atoms with Gasteiger partial charge in [-0.2, -0.15) is 0 Å². The molecule has 0 bridgehead atoms. The van der Waals surface area contributed by atoms with Crippen molar-refractivity contribution in [2.24, 2.45) is 0 Å². The molecule has 5 heteroatoms. The van der Waals surface area contributed by atoms with E-state index in [-0.39, 0.29) is 11.9 Å². The zero-order valence-corrected chi connectivity index (χ0v) is 14.0. The van der Waals surface area contributed by atoms with Crippen LogP contribution in [0.2, 0.25) is 5.02 Å². The van der Waals surface area contributed by atoms with Gasteiger partial charge >= 0.3 is 0 Å². The van der Waals surface area contributed by atoms with E-state index >= 15 is 0 Å². The zero-order chi connectivity index (χ0) is 15.2. The molecule has 2 rings (SSSR count). The maximum absolute atomic E-state index is 11.9. The van der Waals surface area contributed by atoms with Crippen molar-refractivity contribution in [1.82, 2.24) is 0 Å². The lowest BCUT2D eigenvalue weighted by atomic mass is 10.1. The average Bonchev–Trinajstić information content (AvgIpc) is 2.45. The van der Waals surface area contributed by atoms with Crippen LogP contribution >= 0.6 is 27.5 Å². The number of anilines is 1. The second kappa shape index (κ2) is 7.59. The summed E-state index contributed by atoms with van der Waals surface area (Å²) in [7, 11) is 0. The Labute approximate surface area is 137 Å². The lowest BCUT2D eigenvalue weighted by molar-refractivity contribution is -0.682. The third kappa shape index (κ3) is 5.16. The zero-order valence-electron chi connectivity index (χ0n) is 11.6. The fraction of sp³-hybridized carbons (Fsp3) is 0.188. The largest absolute Gasteiger partial charge is 0.333 e. The topological polar surface area (TPSA) is 45.7 Å². The Hall–Kier alpha value is -1.36. The Balaban J connectivity index is 1.86. The first-order chi connectivity index (χ1) is 10.0. The molecule has 1 atom stereocenters. The van der Waals surface area contributed by atoms with Gasteiger partial charge in [0.05, 0.1) is 0 Å². The molecule has 0 aromatic heterocycles. The van der Waals surface area contributed by atoms with Gasteiger partial charge in [-0.15, -0.1) is 0 Å². The van der Waals surface area contributed by atoms with E-state index in [2.05, 4.69) is 28.2 Å². The van der Waals surface area contributed by atoms with Gasteiger partial charge in [0.15, 0.2) is 6.54 Å². The predicted molar refractivity (Wildman–Crippen MR) is 89.4 cm³/mol. The van der Waals surface area contributed by atoms with E-state index in [0.29, 0.717) is 11.6 Å². The first kappa shape index (κ1) is 16.0. The Kier molecular flexibility index (Phi) is 5.79. The Morgan fingerprint density at radius 2 is 2.05 bits per heavy atom. The van der Waals surface area contributed by atoms with Gasteiger partial charge in [-0.05, 0) is 37.3 Å². The Morgan fingerprint density at radius 3 is 2.76 bits per heavy atom. The summed E-state index contributed by atoms with van der Waals surface area (Å²) in [6, 6.07) is 15.4. The highest BCUT2D eigenvalue weighted by Crippen LogP contribution is 2.16. The van der Waals surface area contributed by atoms with Gasteiger partial charge in [0.1, 0.15) is 6.04 Å². The van der Waals surface area contributed by atoms with Crippen LogP contribution in [0.15, 0.2) is 53.0 Å². The summed E-state index contributed by atoms with van der Waals surface area (Å²) in [5.41, 5.74) is 1.90. The van der Waals surface area contributed by atoms with Crippen LogP contribution in [0.3, 0.4) is 0 Å². The van der Waals surface area contributed by atoms with Gasteiger partial charge in [-0.3, -0.25) is 4.79 Å². The number of halogens is 2. The summed E-state index contributed by atoms with van der Waals surface area (Å²) in [6.07, 6.45) is 0. The molecule has 0 heterocycles. The Bertz CT molecular complexity index is 633. The first-order valence-corrected chi connectivity index (χ1v) is 7.86. The van der Waals surface area contributed by atoms with Crippen molar-refractivity contribution in [2.45, 2.75) is 13.0 Å². The highest BCUT2D eigenvalue weighted by Gasteiger charge is 2.12. The minimum absolute atomic E-state index is 0.0259. The standard InChI is InChI=1S/C16H16BrClN2O/c1-11(12-4-2-6-14(18)8-12)19-10-16(21)20-15-7-3-5-13(17)9-15/h2-9,11,19H,10H2,1H3,(H,20,21)/p+1/t11-/m1/s1. The van der Waals surface area contributed by atoms with Gasteiger partial charge in [0, 0.05) is 20.7 Å². The van der Waals surface area contributed by atoms with Crippen LogP contribution in [0.5, 0.6) is 0 Å². The fourth-order valence-electron chi connectivity index (χ4n) is 1.99. The van der Waals surface area contributed by atoms with E-state index in [9.17, 15) is 4.79 Å². The van der Waals surface area contributed by atoms with Gasteiger partial charge in [-0.1, -0.05) is 45.7 Å². The maximum Gasteiger partial charge on any atom is 0.279 e. The molecule has 0 fully saturated rings. The summed E-state index contributed by atoms with van der Waals surface area (Å²) < 4.78 is 0.941. The minimum atomic E-state index is -0.0259. The van der Waals surface area contributed by atoms with Gasteiger partial charge in [-0.25, -0.2) is 0 Å². The van der Waals surface area contributed by atoms with Crippen molar-refractivity contribution in [3.63, 3.8) is 0 Å². The number of nitrogens with two attached hydrogens (primary N) is 1. The van der Waals surface area contributed by atoms with E-state index in [0.717, 1.165) is 15.7 Å². The molecule has 3 nitrogen and oxygen atoms in total. The molecular weight excluding hydrogens is 352 g/mol. The van der Waals surface area contributed by atoms with E-state index in [1.165, 1.54) is 0 Å². The minimum Gasteiger partial charge on any atom is -0.333 e. The average molecular weight is 369 g/mol. The molecule has 0 saturated heterocycles. The number of hydrogen-bond donors (Lipinski definition) is 2. The number of hydrogen-bond acceptors (Lipinski definition) is 1. The number of carbonyl (C=O) groups is 1. The molecule has 0 unspecified atom stereocenters. The number of amides is 1. The predicted octanol–water partition coefficient (Wildman–Crippen LogP) is 3.37.